The number of nitrogens with zero attached hydrogens (tertiary/aromatic N) is 4. The second-order valence-corrected chi connectivity index (χ2v) is 4.85. The summed E-state index contributed by atoms with van der Waals surface area (Å²) in [5.41, 5.74) is 1.40. The van der Waals surface area contributed by atoms with Gasteiger partial charge in [-0.1, -0.05) is 6.07 Å². The van der Waals surface area contributed by atoms with Crippen molar-refractivity contribution >= 4 is 5.97 Å². The van der Waals surface area contributed by atoms with Gasteiger partial charge in [-0.25, -0.2) is 14.2 Å². The summed E-state index contributed by atoms with van der Waals surface area (Å²) in [6.45, 7) is 1.79. The molecule has 0 unspecified atom stereocenters. The highest BCUT2D eigenvalue weighted by atomic mass is 19.1. The van der Waals surface area contributed by atoms with Gasteiger partial charge < -0.3 is 9.67 Å². The van der Waals surface area contributed by atoms with Gasteiger partial charge in [0.15, 0.2) is 5.69 Å². The van der Waals surface area contributed by atoms with Crippen molar-refractivity contribution in [3.63, 3.8) is 0 Å². The zero-order valence-corrected chi connectivity index (χ0v) is 12.0. The van der Waals surface area contributed by atoms with Crippen LogP contribution in [0.3, 0.4) is 0 Å². The summed E-state index contributed by atoms with van der Waals surface area (Å²) < 4.78 is 17.4. The van der Waals surface area contributed by atoms with E-state index in [1.807, 2.05) is 0 Å². The molecule has 0 aliphatic carbocycles. The van der Waals surface area contributed by atoms with Crippen molar-refractivity contribution in [2.45, 2.75) is 6.92 Å². The minimum atomic E-state index is -1.12. The quantitative estimate of drug-likeness (QED) is 0.806. The van der Waals surface area contributed by atoms with E-state index >= 15 is 0 Å². The third kappa shape index (κ3) is 2.26. The molecule has 112 valence electrons. The Balaban J connectivity index is 2.06. The molecule has 22 heavy (non-hydrogen) atoms. The van der Waals surface area contributed by atoms with Crippen molar-refractivity contribution in [1.29, 1.82) is 0 Å². The van der Waals surface area contributed by atoms with Crippen LogP contribution in [0.1, 0.15) is 16.3 Å². The van der Waals surface area contributed by atoms with E-state index in [4.69, 9.17) is 5.11 Å². The Morgan fingerprint density at radius 3 is 2.64 bits per heavy atom. The van der Waals surface area contributed by atoms with Crippen molar-refractivity contribution in [1.82, 2.24) is 19.3 Å². The predicted molar refractivity (Wildman–Crippen MR) is 77.4 cm³/mol. The van der Waals surface area contributed by atoms with Crippen LogP contribution in [0.25, 0.3) is 16.9 Å². The molecule has 1 aromatic carbocycles. The minimum absolute atomic E-state index is 0.0764. The van der Waals surface area contributed by atoms with Crippen molar-refractivity contribution in [3.8, 4) is 16.9 Å². The molecular formula is C15H13FN4O2. The number of aromatic nitrogens is 4. The van der Waals surface area contributed by atoms with E-state index in [2.05, 4.69) is 10.1 Å². The Kier molecular flexibility index (Phi) is 3.25. The van der Waals surface area contributed by atoms with Crippen LogP contribution in [0.2, 0.25) is 0 Å². The van der Waals surface area contributed by atoms with Gasteiger partial charge >= 0.3 is 5.97 Å². The van der Waals surface area contributed by atoms with Crippen molar-refractivity contribution < 1.29 is 14.3 Å². The highest BCUT2D eigenvalue weighted by Gasteiger charge is 2.15. The second-order valence-electron chi connectivity index (χ2n) is 4.85. The molecule has 0 bridgehead atoms. The van der Waals surface area contributed by atoms with Crippen LogP contribution >= 0.6 is 0 Å². The molecule has 0 aliphatic heterocycles. The molecule has 3 rings (SSSR count). The second kappa shape index (κ2) is 5.10. The number of aryl methyl sites for hydroxylation is 2. The molecule has 0 atom stereocenters. The Hall–Kier alpha value is -2.96. The van der Waals surface area contributed by atoms with Gasteiger partial charge in [-0.2, -0.15) is 5.10 Å². The summed E-state index contributed by atoms with van der Waals surface area (Å²) in [6, 6.07) is 6.13. The van der Waals surface area contributed by atoms with Crippen LogP contribution in [0.5, 0.6) is 0 Å². The topological polar surface area (TPSA) is 72.9 Å². The fourth-order valence-electron chi connectivity index (χ4n) is 2.34. The standard InChI is InChI=1S/C15H13FN4O2/c1-9-17-5-6-20(9)13-4-3-10(7-11(13)16)14-8-12(15(21)22)18-19(14)2/h3-8H,1-2H3,(H,21,22). The summed E-state index contributed by atoms with van der Waals surface area (Å²) in [6.07, 6.45) is 3.28. The molecule has 6 nitrogen and oxygen atoms in total. The molecule has 7 heteroatoms. The number of carbonyl (C=O) groups is 1. The fraction of sp³-hybridized carbons (Fsp3) is 0.133. The smallest absolute Gasteiger partial charge is 0.356 e. The number of carboxylic acids is 1. The number of hydrogen-bond donors (Lipinski definition) is 1. The zero-order valence-electron chi connectivity index (χ0n) is 12.0. The molecule has 0 spiro atoms. The maximum atomic E-state index is 14.4. The Bertz CT molecular complexity index is 866. The number of hydrogen-bond acceptors (Lipinski definition) is 3. The van der Waals surface area contributed by atoms with Gasteiger partial charge in [-0.05, 0) is 25.1 Å². The van der Waals surface area contributed by atoms with E-state index < -0.39 is 11.8 Å². The maximum Gasteiger partial charge on any atom is 0.356 e. The van der Waals surface area contributed by atoms with Crippen molar-refractivity contribution in [2.24, 2.45) is 7.05 Å². The normalized spacial score (nSPS) is 10.9. The van der Waals surface area contributed by atoms with E-state index in [-0.39, 0.29) is 5.69 Å². The number of carboxylic acid groups (broad SMARTS) is 1. The van der Waals surface area contributed by atoms with Crippen LogP contribution in [0.4, 0.5) is 4.39 Å². The first-order valence-corrected chi connectivity index (χ1v) is 6.55. The number of imidazole rings is 1. The van der Waals surface area contributed by atoms with Crippen LogP contribution in [0.15, 0.2) is 36.7 Å². The molecule has 2 heterocycles. The zero-order chi connectivity index (χ0) is 15.9. The summed E-state index contributed by atoms with van der Waals surface area (Å²) in [7, 11) is 1.62. The average molecular weight is 300 g/mol. The Morgan fingerprint density at radius 2 is 2.09 bits per heavy atom. The molecule has 0 fully saturated rings. The van der Waals surface area contributed by atoms with E-state index in [9.17, 15) is 9.18 Å². The maximum absolute atomic E-state index is 14.4. The monoisotopic (exact) mass is 300 g/mol. The molecule has 0 saturated heterocycles. The molecule has 1 N–H and O–H groups in total. The third-order valence-corrected chi connectivity index (χ3v) is 3.43. The largest absolute Gasteiger partial charge is 0.476 e. The number of halogens is 1. The SMILES string of the molecule is Cc1nccn1-c1ccc(-c2cc(C(=O)O)nn2C)cc1F. The van der Waals surface area contributed by atoms with E-state index in [0.717, 1.165) is 0 Å². The molecular weight excluding hydrogens is 287 g/mol. The van der Waals surface area contributed by atoms with E-state index in [1.165, 1.54) is 16.8 Å². The van der Waals surface area contributed by atoms with Gasteiger partial charge in [0.2, 0.25) is 0 Å². The van der Waals surface area contributed by atoms with Crippen molar-refractivity contribution in [3.05, 3.63) is 54.0 Å². The highest BCUT2D eigenvalue weighted by Crippen LogP contribution is 2.24. The van der Waals surface area contributed by atoms with E-state index in [1.54, 1.807) is 43.1 Å². The molecule has 3 aromatic rings. The van der Waals surface area contributed by atoms with Crippen LogP contribution in [-0.2, 0) is 7.05 Å². The number of rotatable bonds is 3. The van der Waals surface area contributed by atoms with Gasteiger partial charge in [0.25, 0.3) is 0 Å². The first-order chi connectivity index (χ1) is 10.5. The van der Waals surface area contributed by atoms with Crippen LogP contribution in [-0.4, -0.2) is 30.4 Å². The molecule has 0 amide bonds. The van der Waals surface area contributed by atoms with Crippen LogP contribution in [0, 0.1) is 12.7 Å². The lowest BCUT2D eigenvalue weighted by Gasteiger charge is -2.08. The summed E-state index contributed by atoms with van der Waals surface area (Å²) in [5.74, 6) is -0.856. The molecule has 0 saturated carbocycles. The van der Waals surface area contributed by atoms with Crippen LogP contribution < -0.4 is 0 Å². The van der Waals surface area contributed by atoms with Crippen molar-refractivity contribution in [2.75, 3.05) is 0 Å². The molecule has 0 radical (unpaired) electrons. The first kappa shape index (κ1) is 14.0. The highest BCUT2D eigenvalue weighted by molar-refractivity contribution is 5.87. The predicted octanol–water partition coefficient (Wildman–Crippen LogP) is 2.42. The Labute approximate surface area is 125 Å². The third-order valence-electron chi connectivity index (χ3n) is 3.43. The lowest BCUT2D eigenvalue weighted by atomic mass is 10.1. The molecule has 0 aliphatic rings. The lowest BCUT2D eigenvalue weighted by Crippen LogP contribution is -2.01. The first-order valence-electron chi connectivity index (χ1n) is 6.55. The van der Waals surface area contributed by atoms with Gasteiger partial charge in [0, 0.05) is 25.0 Å². The average Bonchev–Trinajstić information content (AvgIpc) is 3.05. The Morgan fingerprint density at radius 1 is 1.32 bits per heavy atom. The summed E-state index contributed by atoms with van der Waals surface area (Å²) >= 11 is 0. The molecule has 2 aromatic heterocycles. The fourth-order valence-corrected chi connectivity index (χ4v) is 2.34. The minimum Gasteiger partial charge on any atom is -0.476 e. The summed E-state index contributed by atoms with van der Waals surface area (Å²) in [5, 5.41) is 12.8. The van der Waals surface area contributed by atoms with Gasteiger partial charge in [-0.3, -0.25) is 4.68 Å². The number of benzene rings is 1. The van der Waals surface area contributed by atoms with Gasteiger partial charge in [0.1, 0.15) is 11.6 Å². The number of aromatic carboxylic acids is 1. The van der Waals surface area contributed by atoms with Gasteiger partial charge in [-0.15, -0.1) is 0 Å². The van der Waals surface area contributed by atoms with E-state index in [0.29, 0.717) is 22.8 Å². The lowest BCUT2D eigenvalue weighted by molar-refractivity contribution is 0.0689. The summed E-state index contributed by atoms with van der Waals surface area (Å²) in [4.78, 5) is 15.0. The van der Waals surface area contributed by atoms with Gasteiger partial charge in [0.05, 0.1) is 11.4 Å².